The summed E-state index contributed by atoms with van der Waals surface area (Å²) in [5.41, 5.74) is 0. The van der Waals surface area contributed by atoms with Gasteiger partial charge in [-0.25, -0.2) is 0 Å². The predicted molar refractivity (Wildman–Crippen MR) is 83.2 cm³/mol. The highest BCUT2D eigenvalue weighted by atomic mass is 79.9. The molecule has 0 aromatic carbocycles. The Morgan fingerprint density at radius 3 is 2.67 bits per heavy atom. The Hall–Kier alpha value is -0.130. The largest absolute Gasteiger partial charge is 0.331 e. The summed E-state index contributed by atoms with van der Waals surface area (Å²) < 4.78 is 1.91. The number of rotatable bonds is 4. The average molecular weight is 393 g/mol. The lowest BCUT2D eigenvalue weighted by atomic mass is 10.2. The standard InChI is InChI=1S/C13H15Br2NOS/c1-2-7-16(9-5-3-4-6-9)13(17)11-8-10(14)12(15)18-11/h2,8-9H,1,3-7H2. The van der Waals surface area contributed by atoms with E-state index in [1.165, 1.54) is 24.2 Å². The van der Waals surface area contributed by atoms with Crippen LogP contribution in [0.15, 0.2) is 27.0 Å². The first-order valence-corrected chi connectivity index (χ1v) is 8.40. The van der Waals surface area contributed by atoms with Crippen LogP contribution in [0.5, 0.6) is 0 Å². The maximum atomic E-state index is 12.5. The molecule has 2 nitrogen and oxygen atoms in total. The van der Waals surface area contributed by atoms with E-state index in [1.807, 2.05) is 17.0 Å². The van der Waals surface area contributed by atoms with E-state index < -0.39 is 0 Å². The van der Waals surface area contributed by atoms with Gasteiger partial charge < -0.3 is 4.90 Å². The molecule has 0 bridgehead atoms. The van der Waals surface area contributed by atoms with Crippen LogP contribution >= 0.6 is 43.2 Å². The van der Waals surface area contributed by atoms with E-state index in [4.69, 9.17) is 0 Å². The van der Waals surface area contributed by atoms with Crippen molar-refractivity contribution in [3.05, 3.63) is 31.9 Å². The number of halogens is 2. The van der Waals surface area contributed by atoms with E-state index in [0.29, 0.717) is 12.6 Å². The van der Waals surface area contributed by atoms with Gasteiger partial charge in [-0.3, -0.25) is 4.79 Å². The highest BCUT2D eigenvalue weighted by molar-refractivity contribution is 9.13. The molecule has 1 aliphatic carbocycles. The van der Waals surface area contributed by atoms with Crippen molar-refractivity contribution >= 4 is 49.1 Å². The number of hydrogen-bond donors (Lipinski definition) is 0. The van der Waals surface area contributed by atoms with Crippen LogP contribution in [-0.4, -0.2) is 23.4 Å². The summed E-state index contributed by atoms with van der Waals surface area (Å²) in [6, 6.07) is 2.28. The Kier molecular flexibility index (Phi) is 5.04. The smallest absolute Gasteiger partial charge is 0.264 e. The summed E-state index contributed by atoms with van der Waals surface area (Å²) >= 11 is 8.35. The maximum Gasteiger partial charge on any atom is 0.264 e. The minimum Gasteiger partial charge on any atom is -0.331 e. The van der Waals surface area contributed by atoms with Gasteiger partial charge in [0, 0.05) is 17.1 Å². The zero-order chi connectivity index (χ0) is 13.1. The van der Waals surface area contributed by atoms with Crippen molar-refractivity contribution < 1.29 is 4.79 Å². The highest BCUT2D eigenvalue weighted by Gasteiger charge is 2.27. The topological polar surface area (TPSA) is 20.3 Å². The predicted octanol–water partition coefficient (Wildman–Crippen LogP) is 4.84. The molecule has 0 radical (unpaired) electrons. The molecule has 0 unspecified atom stereocenters. The Balaban J connectivity index is 2.19. The summed E-state index contributed by atoms with van der Waals surface area (Å²) in [6.07, 6.45) is 6.50. The van der Waals surface area contributed by atoms with Crippen LogP contribution in [0.2, 0.25) is 0 Å². The molecular formula is C13H15Br2NOS. The first-order chi connectivity index (χ1) is 8.63. The molecule has 1 aromatic heterocycles. The van der Waals surface area contributed by atoms with E-state index in [0.717, 1.165) is 26.0 Å². The van der Waals surface area contributed by atoms with Crippen LogP contribution in [-0.2, 0) is 0 Å². The molecule has 1 heterocycles. The molecule has 1 aliphatic rings. The van der Waals surface area contributed by atoms with Crippen LogP contribution in [0.4, 0.5) is 0 Å². The van der Waals surface area contributed by atoms with E-state index in [1.54, 1.807) is 0 Å². The molecule has 0 atom stereocenters. The molecular weight excluding hydrogens is 378 g/mol. The van der Waals surface area contributed by atoms with Gasteiger partial charge in [0.25, 0.3) is 5.91 Å². The van der Waals surface area contributed by atoms with Gasteiger partial charge in [-0.15, -0.1) is 17.9 Å². The summed E-state index contributed by atoms with van der Waals surface area (Å²) in [5.74, 6) is 0.123. The van der Waals surface area contributed by atoms with Crippen molar-refractivity contribution in [2.24, 2.45) is 0 Å². The van der Waals surface area contributed by atoms with Crippen molar-refractivity contribution in [1.29, 1.82) is 0 Å². The second-order valence-corrected chi connectivity index (χ2v) is 7.64. The van der Waals surface area contributed by atoms with Gasteiger partial charge in [0.2, 0.25) is 0 Å². The van der Waals surface area contributed by atoms with Crippen LogP contribution in [0.25, 0.3) is 0 Å². The summed E-state index contributed by atoms with van der Waals surface area (Å²) in [7, 11) is 0. The van der Waals surface area contributed by atoms with Crippen LogP contribution in [0.1, 0.15) is 35.4 Å². The third-order valence-electron chi connectivity index (χ3n) is 3.21. The van der Waals surface area contributed by atoms with Gasteiger partial charge >= 0.3 is 0 Å². The molecule has 98 valence electrons. The molecule has 0 aliphatic heterocycles. The van der Waals surface area contributed by atoms with Crippen LogP contribution in [0.3, 0.4) is 0 Å². The number of carbonyl (C=O) groups excluding carboxylic acids is 1. The van der Waals surface area contributed by atoms with Gasteiger partial charge in [-0.2, -0.15) is 0 Å². The molecule has 1 fully saturated rings. The lowest BCUT2D eigenvalue weighted by Gasteiger charge is -2.27. The maximum absolute atomic E-state index is 12.5. The van der Waals surface area contributed by atoms with Crippen LogP contribution < -0.4 is 0 Å². The summed E-state index contributed by atoms with van der Waals surface area (Å²) in [5, 5.41) is 0. The molecule has 5 heteroatoms. The third kappa shape index (κ3) is 3.06. The normalized spacial score (nSPS) is 15.9. The number of amides is 1. The third-order valence-corrected chi connectivity index (χ3v) is 6.45. The van der Waals surface area contributed by atoms with Gasteiger partial charge in [0.1, 0.15) is 0 Å². The molecule has 0 N–H and O–H groups in total. The average Bonchev–Trinajstić information content (AvgIpc) is 2.97. The number of thiophene rings is 1. The molecule has 0 saturated heterocycles. The van der Waals surface area contributed by atoms with Crippen molar-refractivity contribution in [2.45, 2.75) is 31.7 Å². The molecule has 1 amide bonds. The second-order valence-electron chi connectivity index (χ2n) is 4.42. The Morgan fingerprint density at radius 2 is 2.17 bits per heavy atom. The monoisotopic (exact) mass is 391 g/mol. The quantitative estimate of drug-likeness (QED) is 0.671. The van der Waals surface area contributed by atoms with Gasteiger partial charge in [-0.05, 0) is 50.8 Å². The molecule has 2 rings (SSSR count). The summed E-state index contributed by atoms with van der Waals surface area (Å²) in [6.45, 7) is 4.40. The van der Waals surface area contributed by atoms with Gasteiger partial charge in [0.05, 0.1) is 8.66 Å². The fraction of sp³-hybridized carbons (Fsp3) is 0.462. The zero-order valence-electron chi connectivity index (χ0n) is 9.99. The Labute approximate surface area is 128 Å². The first-order valence-electron chi connectivity index (χ1n) is 6.00. The van der Waals surface area contributed by atoms with E-state index in [-0.39, 0.29) is 5.91 Å². The van der Waals surface area contributed by atoms with Crippen molar-refractivity contribution in [3.63, 3.8) is 0 Å². The van der Waals surface area contributed by atoms with Crippen LogP contribution in [0, 0.1) is 0 Å². The zero-order valence-corrected chi connectivity index (χ0v) is 14.0. The van der Waals surface area contributed by atoms with Crippen molar-refractivity contribution in [1.82, 2.24) is 4.90 Å². The van der Waals surface area contributed by atoms with Gasteiger partial charge in [0.15, 0.2) is 0 Å². The fourth-order valence-corrected chi connectivity index (χ4v) is 4.34. The van der Waals surface area contributed by atoms with E-state index >= 15 is 0 Å². The van der Waals surface area contributed by atoms with Gasteiger partial charge in [-0.1, -0.05) is 18.9 Å². The molecule has 1 saturated carbocycles. The second kappa shape index (κ2) is 6.35. The highest BCUT2D eigenvalue weighted by Crippen LogP contribution is 2.34. The number of hydrogen-bond acceptors (Lipinski definition) is 2. The first kappa shape index (κ1) is 14.3. The Bertz CT molecular complexity index is 432. The number of carbonyl (C=O) groups is 1. The molecule has 1 aromatic rings. The van der Waals surface area contributed by atoms with Crippen molar-refractivity contribution in [2.75, 3.05) is 6.54 Å². The van der Waals surface area contributed by atoms with Crippen molar-refractivity contribution in [3.8, 4) is 0 Å². The molecule has 0 spiro atoms. The minimum atomic E-state index is 0.123. The lowest BCUT2D eigenvalue weighted by Crippen LogP contribution is -2.38. The Morgan fingerprint density at radius 1 is 1.50 bits per heavy atom. The minimum absolute atomic E-state index is 0.123. The number of nitrogens with zero attached hydrogens (tertiary/aromatic N) is 1. The molecule has 18 heavy (non-hydrogen) atoms. The SMILES string of the molecule is C=CCN(C(=O)c1cc(Br)c(Br)s1)C1CCCC1. The van der Waals surface area contributed by atoms with E-state index in [2.05, 4.69) is 38.4 Å². The summed E-state index contributed by atoms with van der Waals surface area (Å²) in [4.78, 5) is 15.3. The lowest BCUT2D eigenvalue weighted by molar-refractivity contribution is 0.0711. The fourth-order valence-electron chi connectivity index (χ4n) is 2.35. The van der Waals surface area contributed by atoms with E-state index in [9.17, 15) is 4.79 Å².